The summed E-state index contributed by atoms with van der Waals surface area (Å²) in [5.74, 6) is -0.479. The molecule has 7 heteroatoms. The summed E-state index contributed by atoms with van der Waals surface area (Å²) in [6.45, 7) is 0.740. The third-order valence-corrected chi connectivity index (χ3v) is 2.65. The second kappa shape index (κ2) is 10.6. The van der Waals surface area contributed by atoms with Gasteiger partial charge in [0.25, 0.3) is 0 Å². The van der Waals surface area contributed by atoms with Gasteiger partial charge in [0.15, 0.2) is 0 Å². The van der Waals surface area contributed by atoms with Crippen LogP contribution in [-0.4, -0.2) is 31.8 Å². The van der Waals surface area contributed by atoms with E-state index in [9.17, 15) is 9.59 Å². The molecule has 0 unspecified atom stereocenters. The molecule has 0 aromatic rings. The Morgan fingerprint density at radius 3 is 2.72 bits per heavy atom. The van der Waals surface area contributed by atoms with Crippen molar-refractivity contribution in [3.05, 3.63) is 10.4 Å². The molecule has 7 nitrogen and oxygen atoms in total. The molecule has 0 saturated carbocycles. The zero-order chi connectivity index (χ0) is 13.8. The van der Waals surface area contributed by atoms with Crippen molar-refractivity contribution in [3.8, 4) is 0 Å². The van der Waals surface area contributed by atoms with Crippen molar-refractivity contribution in [2.45, 2.75) is 32.1 Å². The molecule has 102 valence electrons. The monoisotopic (exact) mass is 255 g/mol. The summed E-state index contributed by atoms with van der Waals surface area (Å²) in [5.41, 5.74) is 13.5. The van der Waals surface area contributed by atoms with Crippen LogP contribution in [0.4, 0.5) is 0 Å². The average Bonchev–Trinajstić information content (AvgIpc) is 2.37. The van der Waals surface area contributed by atoms with E-state index >= 15 is 0 Å². The summed E-state index contributed by atoms with van der Waals surface area (Å²) >= 11 is 0. The smallest absolute Gasteiger partial charge is 0.223 e. The van der Waals surface area contributed by atoms with Crippen LogP contribution in [-0.2, 0) is 9.59 Å². The molecule has 1 atom stereocenters. The topological polar surface area (TPSA) is 121 Å². The molecular weight excluding hydrogens is 234 g/mol. The number of rotatable bonds is 10. The maximum Gasteiger partial charge on any atom is 0.223 e. The molecule has 0 spiro atoms. The van der Waals surface area contributed by atoms with Gasteiger partial charge in [-0.3, -0.25) is 9.59 Å². The maximum atomic E-state index is 11.6. The maximum absolute atomic E-state index is 11.6. The largest absolute Gasteiger partial charge is 0.359 e. The van der Waals surface area contributed by atoms with Crippen LogP contribution in [0.3, 0.4) is 0 Å². The standard InChI is InChI=1S/C11H21N5O2/c1-14-11(18)9(4-2-3-6-12)8-10(17)5-7-15-16-13/h9H,2-8,12H2,1H3,(H,14,18)/t9-/m1/s1. The van der Waals surface area contributed by atoms with Crippen molar-refractivity contribution in [2.24, 2.45) is 16.8 Å². The number of carbonyl (C=O) groups excluding carboxylic acids is 2. The Kier molecular flexibility index (Phi) is 9.62. The Morgan fingerprint density at radius 1 is 1.44 bits per heavy atom. The fourth-order valence-electron chi connectivity index (χ4n) is 1.66. The highest BCUT2D eigenvalue weighted by atomic mass is 16.2. The summed E-state index contributed by atoms with van der Waals surface area (Å²) in [6.07, 6.45) is 2.72. The summed E-state index contributed by atoms with van der Waals surface area (Å²) < 4.78 is 0. The molecule has 1 amide bonds. The lowest BCUT2D eigenvalue weighted by Crippen LogP contribution is -2.29. The lowest BCUT2D eigenvalue weighted by Gasteiger charge is -2.14. The highest BCUT2D eigenvalue weighted by molar-refractivity contribution is 5.86. The van der Waals surface area contributed by atoms with Crippen LogP contribution in [0.1, 0.15) is 32.1 Å². The molecule has 0 aromatic carbocycles. The van der Waals surface area contributed by atoms with Gasteiger partial charge >= 0.3 is 0 Å². The number of carbonyl (C=O) groups is 2. The van der Waals surface area contributed by atoms with Crippen LogP contribution < -0.4 is 11.1 Å². The van der Waals surface area contributed by atoms with E-state index in [0.29, 0.717) is 13.0 Å². The lowest BCUT2D eigenvalue weighted by molar-refractivity contribution is -0.129. The van der Waals surface area contributed by atoms with Crippen LogP contribution >= 0.6 is 0 Å². The Morgan fingerprint density at radius 2 is 2.17 bits per heavy atom. The summed E-state index contributed by atoms with van der Waals surface area (Å²) in [5, 5.41) is 5.86. The van der Waals surface area contributed by atoms with Crippen molar-refractivity contribution in [1.82, 2.24) is 5.32 Å². The highest BCUT2D eigenvalue weighted by Crippen LogP contribution is 2.14. The SMILES string of the molecule is CNC(=O)[C@H](CCCCN)CC(=O)CCN=[N+]=[N-]. The number of amides is 1. The van der Waals surface area contributed by atoms with Crippen LogP contribution in [0.25, 0.3) is 10.4 Å². The third kappa shape index (κ3) is 7.65. The van der Waals surface area contributed by atoms with Crippen molar-refractivity contribution >= 4 is 11.7 Å². The van der Waals surface area contributed by atoms with Gasteiger partial charge in [-0.15, -0.1) is 0 Å². The number of ketones is 1. The Balaban J connectivity index is 4.17. The zero-order valence-electron chi connectivity index (χ0n) is 10.8. The summed E-state index contributed by atoms with van der Waals surface area (Å²) in [4.78, 5) is 25.8. The van der Waals surface area contributed by atoms with E-state index in [1.54, 1.807) is 7.05 Å². The van der Waals surface area contributed by atoms with Gasteiger partial charge in [0.05, 0.1) is 0 Å². The molecule has 0 aliphatic rings. The predicted molar refractivity (Wildman–Crippen MR) is 68.7 cm³/mol. The van der Waals surface area contributed by atoms with Crippen molar-refractivity contribution < 1.29 is 9.59 Å². The number of nitrogens with one attached hydrogen (secondary N) is 1. The second-order valence-electron chi connectivity index (χ2n) is 4.04. The predicted octanol–water partition coefficient (Wildman–Crippen LogP) is 1.14. The Labute approximate surface area is 107 Å². The molecule has 0 aromatic heterocycles. The number of nitrogens with two attached hydrogens (primary N) is 1. The molecule has 0 aliphatic heterocycles. The molecular formula is C11H21N5O2. The van der Waals surface area contributed by atoms with Crippen LogP contribution in [0, 0.1) is 5.92 Å². The lowest BCUT2D eigenvalue weighted by atomic mass is 9.94. The van der Waals surface area contributed by atoms with Gasteiger partial charge in [0, 0.05) is 37.3 Å². The van der Waals surface area contributed by atoms with Gasteiger partial charge in [-0.05, 0) is 24.9 Å². The first kappa shape index (κ1) is 16.4. The molecule has 0 saturated heterocycles. The van der Waals surface area contributed by atoms with Crippen molar-refractivity contribution in [2.75, 3.05) is 20.1 Å². The van der Waals surface area contributed by atoms with Crippen molar-refractivity contribution in [1.29, 1.82) is 0 Å². The van der Waals surface area contributed by atoms with E-state index in [2.05, 4.69) is 15.3 Å². The van der Waals surface area contributed by atoms with Crippen molar-refractivity contribution in [3.63, 3.8) is 0 Å². The Bertz CT molecular complexity index is 313. The minimum absolute atomic E-state index is 0.0521. The third-order valence-electron chi connectivity index (χ3n) is 2.65. The quantitative estimate of drug-likeness (QED) is 0.263. The molecule has 0 heterocycles. The van der Waals surface area contributed by atoms with E-state index < -0.39 is 0 Å². The van der Waals surface area contributed by atoms with E-state index in [4.69, 9.17) is 11.3 Å². The van der Waals surface area contributed by atoms with Crippen LogP contribution in [0.2, 0.25) is 0 Å². The van der Waals surface area contributed by atoms with E-state index in [-0.39, 0.29) is 37.0 Å². The van der Waals surface area contributed by atoms with Gasteiger partial charge in [-0.25, -0.2) is 0 Å². The second-order valence-corrected chi connectivity index (χ2v) is 4.04. The zero-order valence-corrected chi connectivity index (χ0v) is 10.8. The molecule has 0 fully saturated rings. The fourth-order valence-corrected chi connectivity index (χ4v) is 1.66. The normalized spacial score (nSPS) is 11.4. The Hall–Kier alpha value is -1.59. The van der Waals surface area contributed by atoms with Crippen LogP contribution in [0.5, 0.6) is 0 Å². The minimum atomic E-state index is -0.305. The molecule has 0 rings (SSSR count). The number of unbranched alkanes of at least 4 members (excludes halogenated alkanes) is 1. The average molecular weight is 255 g/mol. The van der Waals surface area contributed by atoms with Gasteiger partial charge in [0.2, 0.25) is 5.91 Å². The molecule has 3 N–H and O–H groups in total. The molecule has 18 heavy (non-hydrogen) atoms. The fraction of sp³-hybridized carbons (Fsp3) is 0.818. The van der Waals surface area contributed by atoms with Gasteiger partial charge in [-0.1, -0.05) is 11.5 Å². The number of hydrogen-bond acceptors (Lipinski definition) is 4. The van der Waals surface area contributed by atoms with E-state index in [1.807, 2.05) is 0 Å². The van der Waals surface area contributed by atoms with E-state index in [0.717, 1.165) is 12.8 Å². The number of Topliss-reactive ketones (excluding diaryl/α,β-unsaturated/α-hetero) is 1. The first-order chi connectivity index (χ1) is 8.65. The van der Waals surface area contributed by atoms with Gasteiger partial charge in [-0.2, -0.15) is 0 Å². The molecule has 0 bridgehead atoms. The number of azide groups is 1. The summed E-state index contributed by atoms with van der Waals surface area (Å²) in [6, 6.07) is 0. The number of hydrogen-bond donors (Lipinski definition) is 2. The first-order valence-electron chi connectivity index (χ1n) is 6.10. The van der Waals surface area contributed by atoms with Crippen LogP contribution in [0.15, 0.2) is 5.11 Å². The van der Waals surface area contributed by atoms with Gasteiger partial charge in [0.1, 0.15) is 5.78 Å². The number of nitrogens with zero attached hydrogens (tertiary/aromatic N) is 3. The minimum Gasteiger partial charge on any atom is -0.359 e. The molecule has 0 radical (unpaired) electrons. The van der Waals surface area contributed by atoms with E-state index in [1.165, 1.54) is 0 Å². The van der Waals surface area contributed by atoms with Gasteiger partial charge < -0.3 is 11.1 Å². The first-order valence-corrected chi connectivity index (χ1v) is 6.10. The highest BCUT2D eigenvalue weighted by Gasteiger charge is 2.19. The summed E-state index contributed by atoms with van der Waals surface area (Å²) in [7, 11) is 1.56. The molecule has 0 aliphatic carbocycles.